The number of rotatable bonds is 5. The molecular weight excluding hydrogens is 186 g/mol. The maximum Gasteiger partial charge on any atom is 0.140 e. The third-order valence-corrected chi connectivity index (χ3v) is 2.02. The molecule has 0 atom stereocenters. The number of benzene rings is 1. The highest BCUT2D eigenvalue weighted by Gasteiger charge is 1.98. The molecule has 0 saturated heterocycles. The highest BCUT2D eigenvalue weighted by molar-refractivity contribution is 5.31. The van der Waals surface area contributed by atoms with Crippen LogP contribution in [0.2, 0.25) is 0 Å². The van der Waals surface area contributed by atoms with Crippen molar-refractivity contribution in [3.05, 3.63) is 60.0 Å². The van der Waals surface area contributed by atoms with Crippen LogP contribution in [0.5, 0.6) is 0 Å². The second kappa shape index (κ2) is 5.81. The molecule has 2 nitrogen and oxygen atoms in total. The monoisotopic (exact) mass is 201 g/mol. The standard InChI is InChI=1S/C13H15NO/c1-4-13(11(2)14-3)15-10-12-8-6-5-7-9-12/h4-9H,1,3,10H2,2H3/b13-11+. The second-order valence-corrected chi connectivity index (χ2v) is 3.09. The maximum absolute atomic E-state index is 5.56. The average Bonchev–Trinajstić information content (AvgIpc) is 2.31. The van der Waals surface area contributed by atoms with E-state index in [1.165, 1.54) is 0 Å². The summed E-state index contributed by atoms with van der Waals surface area (Å²) in [5.74, 6) is 0.675. The first-order valence-electron chi connectivity index (χ1n) is 4.74. The van der Waals surface area contributed by atoms with Crippen LogP contribution < -0.4 is 0 Å². The second-order valence-electron chi connectivity index (χ2n) is 3.09. The Kier molecular flexibility index (Phi) is 4.35. The Bertz CT molecular complexity index is 365. The molecule has 0 bridgehead atoms. The molecule has 2 heteroatoms. The summed E-state index contributed by atoms with van der Waals surface area (Å²) in [6, 6.07) is 9.96. The minimum absolute atomic E-state index is 0.523. The summed E-state index contributed by atoms with van der Waals surface area (Å²) in [5, 5.41) is 0. The topological polar surface area (TPSA) is 21.6 Å². The van der Waals surface area contributed by atoms with E-state index in [1.54, 1.807) is 6.08 Å². The van der Waals surface area contributed by atoms with Gasteiger partial charge in [0.15, 0.2) is 0 Å². The molecule has 0 aromatic heterocycles. The normalized spacial score (nSPS) is 11.5. The van der Waals surface area contributed by atoms with Crippen molar-refractivity contribution >= 4 is 6.72 Å². The number of hydrogen-bond acceptors (Lipinski definition) is 2. The highest BCUT2D eigenvalue weighted by Crippen LogP contribution is 2.11. The van der Waals surface area contributed by atoms with Gasteiger partial charge in [-0.15, -0.1) is 0 Å². The zero-order valence-corrected chi connectivity index (χ0v) is 8.94. The molecule has 1 rings (SSSR count). The minimum atomic E-state index is 0.523. The molecule has 0 aliphatic heterocycles. The summed E-state index contributed by atoms with van der Waals surface area (Å²) >= 11 is 0. The van der Waals surface area contributed by atoms with Gasteiger partial charge in [0.1, 0.15) is 12.4 Å². The van der Waals surface area contributed by atoms with Gasteiger partial charge in [-0.25, -0.2) is 0 Å². The first-order chi connectivity index (χ1) is 7.27. The van der Waals surface area contributed by atoms with Gasteiger partial charge in [-0.2, -0.15) is 0 Å². The zero-order chi connectivity index (χ0) is 11.1. The van der Waals surface area contributed by atoms with E-state index >= 15 is 0 Å². The van der Waals surface area contributed by atoms with Crippen LogP contribution in [0.4, 0.5) is 0 Å². The number of allylic oxidation sites excluding steroid dienone is 2. The quantitative estimate of drug-likeness (QED) is 0.407. The molecule has 0 N–H and O–H groups in total. The molecule has 78 valence electrons. The largest absolute Gasteiger partial charge is 0.487 e. The first-order valence-corrected chi connectivity index (χ1v) is 4.74. The molecule has 0 radical (unpaired) electrons. The minimum Gasteiger partial charge on any atom is -0.487 e. The van der Waals surface area contributed by atoms with Gasteiger partial charge >= 0.3 is 0 Å². The number of ether oxygens (including phenoxy) is 1. The molecule has 1 aromatic carbocycles. The Hall–Kier alpha value is -1.83. The summed E-state index contributed by atoms with van der Waals surface area (Å²) in [6.45, 7) is 9.49. The van der Waals surface area contributed by atoms with E-state index in [-0.39, 0.29) is 0 Å². The van der Waals surface area contributed by atoms with Crippen molar-refractivity contribution in [3.8, 4) is 0 Å². The molecule has 0 amide bonds. The summed E-state index contributed by atoms with van der Waals surface area (Å²) < 4.78 is 5.56. The van der Waals surface area contributed by atoms with Crippen LogP contribution in [0.25, 0.3) is 0 Å². The van der Waals surface area contributed by atoms with Gasteiger partial charge in [-0.3, -0.25) is 4.99 Å². The van der Waals surface area contributed by atoms with Gasteiger partial charge < -0.3 is 4.74 Å². The van der Waals surface area contributed by atoms with Crippen LogP contribution in [0.1, 0.15) is 12.5 Å². The van der Waals surface area contributed by atoms with E-state index in [2.05, 4.69) is 18.3 Å². The van der Waals surface area contributed by atoms with Crippen LogP contribution >= 0.6 is 0 Å². The third kappa shape index (κ3) is 3.43. The zero-order valence-electron chi connectivity index (χ0n) is 8.94. The average molecular weight is 201 g/mol. The molecule has 0 fully saturated rings. The van der Waals surface area contributed by atoms with E-state index in [4.69, 9.17) is 4.74 Å². The predicted octanol–water partition coefficient (Wildman–Crippen LogP) is 3.32. The maximum atomic E-state index is 5.56. The molecule has 0 aliphatic rings. The van der Waals surface area contributed by atoms with Gasteiger partial charge in [0, 0.05) is 0 Å². The summed E-state index contributed by atoms with van der Waals surface area (Å²) in [4.78, 5) is 3.81. The fourth-order valence-corrected chi connectivity index (χ4v) is 1.12. The number of hydrogen-bond donors (Lipinski definition) is 0. The number of aliphatic imine (C=N–C) groups is 1. The molecule has 1 aromatic rings. The summed E-state index contributed by atoms with van der Waals surface area (Å²) in [5.41, 5.74) is 1.87. The van der Waals surface area contributed by atoms with Gasteiger partial charge in [-0.1, -0.05) is 36.9 Å². The molecule has 0 unspecified atom stereocenters. The van der Waals surface area contributed by atoms with Gasteiger partial charge in [0.2, 0.25) is 0 Å². The van der Waals surface area contributed by atoms with Crippen LogP contribution in [0.3, 0.4) is 0 Å². The lowest BCUT2D eigenvalue weighted by Crippen LogP contribution is -1.93. The molecule has 15 heavy (non-hydrogen) atoms. The molecule has 0 heterocycles. The smallest absolute Gasteiger partial charge is 0.140 e. The van der Waals surface area contributed by atoms with Crippen LogP contribution in [-0.4, -0.2) is 6.72 Å². The van der Waals surface area contributed by atoms with Crippen LogP contribution in [-0.2, 0) is 11.3 Å². The molecule has 0 aliphatic carbocycles. The van der Waals surface area contributed by atoms with E-state index in [9.17, 15) is 0 Å². The van der Waals surface area contributed by atoms with Crippen molar-refractivity contribution in [3.63, 3.8) is 0 Å². The SMILES string of the molecule is C=C/C(OCc1ccccc1)=C(/C)N=C. The van der Waals surface area contributed by atoms with Crippen molar-refractivity contribution in [2.24, 2.45) is 4.99 Å². The van der Waals surface area contributed by atoms with Crippen molar-refractivity contribution < 1.29 is 4.74 Å². The third-order valence-electron chi connectivity index (χ3n) is 2.02. The first kappa shape index (κ1) is 11.2. The lowest BCUT2D eigenvalue weighted by atomic mass is 10.2. The van der Waals surface area contributed by atoms with Gasteiger partial charge in [0.25, 0.3) is 0 Å². The Morgan fingerprint density at radius 3 is 2.60 bits per heavy atom. The van der Waals surface area contributed by atoms with Crippen molar-refractivity contribution in [2.75, 3.05) is 0 Å². The van der Waals surface area contributed by atoms with E-state index in [0.29, 0.717) is 12.4 Å². The van der Waals surface area contributed by atoms with Gasteiger partial charge in [0.05, 0.1) is 5.70 Å². The van der Waals surface area contributed by atoms with E-state index in [0.717, 1.165) is 11.3 Å². The van der Waals surface area contributed by atoms with Crippen LogP contribution in [0.15, 0.2) is 59.4 Å². The number of nitrogens with zero attached hydrogens (tertiary/aromatic N) is 1. The summed E-state index contributed by atoms with van der Waals surface area (Å²) in [6.07, 6.45) is 1.65. The Balaban J connectivity index is 2.64. The van der Waals surface area contributed by atoms with E-state index < -0.39 is 0 Å². The van der Waals surface area contributed by atoms with Crippen LogP contribution in [0, 0.1) is 0 Å². The lowest BCUT2D eigenvalue weighted by Gasteiger charge is -2.08. The van der Waals surface area contributed by atoms with Crippen molar-refractivity contribution in [2.45, 2.75) is 13.5 Å². The lowest BCUT2D eigenvalue weighted by molar-refractivity contribution is 0.208. The van der Waals surface area contributed by atoms with Crippen molar-refractivity contribution in [1.29, 1.82) is 0 Å². The Morgan fingerprint density at radius 2 is 2.07 bits per heavy atom. The summed E-state index contributed by atoms with van der Waals surface area (Å²) in [7, 11) is 0. The molecule has 0 spiro atoms. The predicted molar refractivity (Wildman–Crippen MR) is 63.7 cm³/mol. The van der Waals surface area contributed by atoms with Gasteiger partial charge in [-0.05, 0) is 25.3 Å². The Morgan fingerprint density at radius 1 is 1.40 bits per heavy atom. The fraction of sp³-hybridized carbons (Fsp3) is 0.154. The molecule has 0 saturated carbocycles. The van der Waals surface area contributed by atoms with E-state index in [1.807, 2.05) is 37.3 Å². The highest BCUT2D eigenvalue weighted by atomic mass is 16.5. The van der Waals surface area contributed by atoms with Crippen molar-refractivity contribution in [1.82, 2.24) is 0 Å². The Labute approximate surface area is 90.6 Å². The molecular formula is C13H15NO. The fourth-order valence-electron chi connectivity index (χ4n) is 1.12.